The molecule has 1 atom stereocenters. The third-order valence-corrected chi connectivity index (χ3v) is 5.94. The van der Waals surface area contributed by atoms with Crippen molar-refractivity contribution < 1.29 is 19.4 Å². The molecule has 4 nitrogen and oxygen atoms in total. The van der Waals surface area contributed by atoms with E-state index in [0.717, 1.165) is 10.7 Å². The molecule has 20 heavy (non-hydrogen) atoms. The topological polar surface area (TPSA) is 55.8 Å². The number of rotatable bonds is 6. The summed E-state index contributed by atoms with van der Waals surface area (Å²) in [6.07, 6.45) is -1.03. The van der Waals surface area contributed by atoms with Gasteiger partial charge in [-0.2, -0.15) is 0 Å². The first-order valence-electron chi connectivity index (χ1n) is 5.59. The second-order valence-electron chi connectivity index (χ2n) is 3.93. The van der Waals surface area contributed by atoms with Gasteiger partial charge in [0.15, 0.2) is 6.29 Å². The molecule has 0 unspecified atom stereocenters. The fourth-order valence-corrected chi connectivity index (χ4v) is 3.73. The van der Waals surface area contributed by atoms with E-state index in [-0.39, 0.29) is 13.2 Å². The average molecular weight is 614 g/mol. The zero-order valence-electron chi connectivity index (χ0n) is 10.7. The molecule has 0 saturated carbocycles. The van der Waals surface area contributed by atoms with Crippen molar-refractivity contribution in [2.75, 3.05) is 13.2 Å². The molecule has 110 valence electrons. The Balaban J connectivity index is 2.53. The van der Waals surface area contributed by atoms with E-state index in [9.17, 15) is 9.90 Å². The lowest BCUT2D eigenvalue weighted by molar-refractivity contribution is -0.147. The zero-order valence-corrected chi connectivity index (χ0v) is 17.1. The van der Waals surface area contributed by atoms with Gasteiger partial charge in [-0.15, -0.1) is 0 Å². The van der Waals surface area contributed by atoms with Gasteiger partial charge < -0.3 is 14.6 Å². The number of halogens is 3. The molecular weight excluding hydrogens is 601 g/mol. The molecule has 0 radical (unpaired) electrons. The molecule has 0 aromatic heterocycles. The van der Waals surface area contributed by atoms with Crippen LogP contribution in [0.15, 0.2) is 24.3 Å². The highest BCUT2D eigenvalue weighted by Crippen LogP contribution is 2.27. The minimum absolute atomic E-state index is 0.0837. The van der Waals surface area contributed by atoms with Crippen LogP contribution in [0.2, 0.25) is 0 Å². The van der Waals surface area contributed by atoms with Gasteiger partial charge in [-0.05, 0) is 86.8 Å². The molecule has 0 aliphatic heterocycles. The standard InChI is InChI=1S/C13H13I3O4/c1-7(2)12(17)19-3-4-20-13(18)9-5-8(14)6-10(15)11(9)16/h5-6,13,18H,1,3-4H2,2H3/t13-/m0/s1. The first-order chi connectivity index (χ1) is 9.32. The third kappa shape index (κ3) is 5.73. The summed E-state index contributed by atoms with van der Waals surface area (Å²) in [6.45, 7) is 5.26. The van der Waals surface area contributed by atoms with Crippen LogP contribution in [0.25, 0.3) is 0 Å². The highest BCUT2D eigenvalue weighted by molar-refractivity contribution is 14.1. The predicted octanol–water partition coefficient (Wildman–Crippen LogP) is 3.63. The maximum atomic E-state index is 11.2. The van der Waals surface area contributed by atoms with Gasteiger partial charge in [-0.3, -0.25) is 0 Å². The summed E-state index contributed by atoms with van der Waals surface area (Å²) in [6, 6.07) is 3.89. The molecule has 0 fully saturated rings. The number of esters is 1. The normalized spacial score (nSPS) is 12.1. The summed E-state index contributed by atoms with van der Waals surface area (Å²) in [5.74, 6) is -0.457. The van der Waals surface area contributed by atoms with Crippen LogP contribution in [0, 0.1) is 10.7 Å². The Kier molecular flexibility index (Phi) is 8.23. The lowest BCUT2D eigenvalue weighted by atomic mass is 10.2. The fraction of sp³-hybridized carbons (Fsp3) is 0.308. The highest BCUT2D eigenvalue weighted by Gasteiger charge is 2.15. The van der Waals surface area contributed by atoms with Gasteiger partial charge in [0, 0.05) is 21.8 Å². The van der Waals surface area contributed by atoms with Crippen molar-refractivity contribution in [3.8, 4) is 0 Å². The molecule has 1 aromatic rings. The van der Waals surface area contributed by atoms with E-state index in [1.165, 1.54) is 0 Å². The van der Waals surface area contributed by atoms with Crippen LogP contribution in [0.1, 0.15) is 18.8 Å². The Labute approximate surface area is 158 Å². The third-order valence-electron chi connectivity index (χ3n) is 2.23. The summed E-state index contributed by atoms with van der Waals surface area (Å²) in [5.41, 5.74) is 1.06. The highest BCUT2D eigenvalue weighted by atomic mass is 127. The van der Waals surface area contributed by atoms with Gasteiger partial charge in [0.1, 0.15) is 6.61 Å². The van der Waals surface area contributed by atoms with Gasteiger partial charge in [-0.25, -0.2) is 4.79 Å². The van der Waals surface area contributed by atoms with E-state index >= 15 is 0 Å². The zero-order chi connectivity index (χ0) is 15.3. The molecular formula is C13H13I3O4. The van der Waals surface area contributed by atoms with Crippen molar-refractivity contribution >= 4 is 73.7 Å². The van der Waals surface area contributed by atoms with Crippen LogP contribution < -0.4 is 0 Å². The Hall–Kier alpha value is 0.540. The van der Waals surface area contributed by atoms with Crippen molar-refractivity contribution in [3.05, 3.63) is 40.6 Å². The lowest BCUT2D eigenvalue weighted by Crippen LogP contribution is -2.14. The van der Waals surface area contributed by atoms with Crippen LogP contribution >= 0.6 is 67.8 Å². The maximum absolute atomic E-state index is 11.2. The molecule has 0 amide bonds. The molecule has 1 N–H and O–H groups in total. The number of ether oxygens (including phenoxy) is 2. The van der Waals surface area contributed by atoms with Gasteiger partial charge in [0.2, 0.25) is 0 Å². The quantitative estimate of drug-likeness (QED) is 0.133. The van der Waals surface area contributed by atoms with Gasteiger partial charge in [-0.1, -0.05) is 6.58 Å². The van der Waals surface area contributed by atoms with E-state index in [0.29, 0.717) is 11.1 Å². The van der Waals surface area contributed by atoms with Crippen LogP contribution in [0.3, 0.4) is 0 Å². The maximum Gasteiger partial charge on any atom is 0.333 e. The Morgan fingerprint density at radius 1 is 1.35 bits per heavy atom. The summed E-state index contributed by atoms with van der Waals surface area (Å²) in [4.78, 5) is 11.2. The molecule has 0 saturated heterocycles. The van der Waals surface area contributed by atoms with Crippen molar-refractivity contribution in [2.45, 2.75) is 13.2 Å². The first-order valence-corrected chi connectivity index (χ1v) is 8.83. The largest absolute Gasteiger partial charge is 0.460 e. The van der Waals surface area contributed by atoms with Crippen LogP contribution in [-0.4, -0.2) is 24.3 Å². The van der Waals surface area contributed by atoms with Crippen molar-refractivity contribution in [3.63, 3.8) is 0 Å². The Morgan fingerprint density at radius 3 is 2.60 bits per heavy atom. The number of hydrogen-bond donors (Lipinski definition) is 1. The minimum atomic E-state index is -1.03. The lowest BCUT2D eigenvalue weighted by Gasteiger charge is -2.15. The number of carbonyl (C=O) groups is 1. The number of aliphatic hydroxyl groups is 1. The first kappa shape index (κ1) is 18.6. The molecule has 0 bridgehead atoms. The summed E-state index contributed by atoms with van der Waals surface area (Å²) in [7, 11) is 0. The van der Waals surface area contributed by atoms with Gasteiger partial charge in [0.05, 0.1) is 6.61 Å². The second-order valence-corrected chi connectivity index (χ2v) is 7.42. The SMILES string of the molecule is C=C(C)C(=O)OCCO[C@H](O)c1cc(I)cc(I)c1I. The molecule has 1 aromatic carbocycles. The average Bonchev–Trinajstić information content (AvgIpc) is 2.38. The monoisotopic (exact) mass is 614 g/mol. The van der Waals surface area contributed by atoms with E-state index in [4.69, 9.17) is 9.47 Å². The Morgan fingerprint density at radius 2 is 2.00 bits per heavy atom. The molecule has 7 heteroatoms. The number of aliphatic hydroxyl groups excluding tert-OH is 1. The van der Waals surface area contributed by atoms with E-state index in [1.54, 1.807) is 6.92 Å². The summed E-state index contributed by atoms with van der Waals surface area (Å²) < 4.78 is 13.2. The van der Waals surface area contributed by atoms with Crippen LogP contribution in [0.5, 0.6) is 0 Å². The second kappa shape index (κ2) is 8.86. The van der Waals surface area contributed by atoms with Crippen LogP contribution in [-0.2, 0) is 14.3 Å². The summed E-state index contributed by atoms with van der Waals surface area (Å²) >= 11 is 6.57. The van der Waals surface area contributed by atoms with Crippen molar-refractivity contribution in [2.24, 2.45) is 0 Å². The molecule has 0 heterocycles. The van der Waals surface area contributed by atoms with E-state index in [2.05, 4.69) is 74.4 Å². The van der Waals surface area contributed by atoms with Crippen molar-refractivity contribution in [1.82, 2.24) is 0 Å². The van der Waals surface area contributed by atoms with E-state index < -0.39 is 12.3 Å². The fourth-order valence-electron chi connectivity index (χ4n) is 1.26. The molecule has 0 aliphatic rings. The predicted molar refractivity (Wildman–Crippen MR) is 101 cm³/mol. The molecule has 0 aliphatic carbocycles. The number of benzene rings is 1. The van der Waals surface area contributed by atoms with Gasteiger partial charge >= 0.3 is 5.97 Å². The molecule has 1 rings (SSSR count). The number of carbonyl (C=O) groups excluding carboxylic acids is 1. The van der Waals surface area contributed by atoms with Gasteiger partial charge in [0.25, 0.3) is 0 Å². The summed E-state index contributed by atoms with van der Waals surface area (Å²) in [5, 5.41) is 10.0. The number of hydrogen-bond acceptors (Lipinski definition) is 4. The minimum Gasteiger partial charge on any atom is -0.460 e. The Bertz CT molecular complexity index is 517. The smallest absolute Gasteiger partial charge is 0.333 e. The van der Waals surface area contributed by atoms with E-state index in [1.807, 2.05) is 12.1 Å². The molecule has 0 spiro atoms. The van der Waals surface area contributed by atoms with Crippen LogP contribution in [0.4, 0.5) is 0 Å². The van der Waals surface area contributed by atoms with Crippen molar-refractivity contribution in [1.29, 1.82) is 0 Å².